The molecule has 0 radical (unpaired) electrons. The van der Waals surface area contributed by atoms with E-state index in [1.165, 1.54) is 32.8 Å². The van der Waals surface area contributed by atoms with Crippen molar-refractivity contribution in [3.05, 3.63) is 0 Å². The zero-order valence-electron chi connectivity index (χ0n) is 7.38. The Morgan fingerprint density at radius 1 is 1.58 bits per heavy atom. The molecule has 70 valence electrons. The normalized spacial score (nSPS) is 20.8. The first-order chi connectivity index (χ1) is 5.74. The van der Waals surface area contributed by atoms with Gasteiger partial charge in [-0.15, -0.1) is 0 Å². The van der Waals surface area contributed by atoms with Crippen molar-refractivity contribution in [3.63, 3.8) is 0 Å². The molecule has 0 aromatic carbocycles. The number of halogens is 1. The first kappa shape index (κ1) is 10.0. The standard InChI is InChI=1S/C9H15BrO2/c1-12-9(11)8(10)6-7-4-2-3-5-7/h7-8H,2-6H2,1H3/t8-/m0/s1. The molecular weight excluding hydrogens is 220 g/mol. The average molecular weight is 235 g/mol. The van der Waals surface area contributed by atoms with Crippen LogP contribution in [0.2, 0.25) is 0 Å². The molecule has 1 aliphatic carbocycles. The number of hydrogen-bond acceptors (Lipinski definition) is 2. The molecule has 0 spiro atoms. The minimum Gasteiger partial charge on any atom is -0.468 e. The number of methoxy groups -OCH3 is 1. The van der Waals surface area contributed by atoms with Gasteiger partial charge in [-0.25, -0.2) is 0 Å². The topological polar surface area (TPSA) is 26.3 Å². The third kappa shape index (κ3) is 2.77. The third-order valence-corrected chi connectivity index (χ3v) is 3.22. The maximum absolute atomic E-state index is 11.0. The van der Waals surface area contributed by atoms with Crippen LogP contribution in [0, 0.1) is 5.92 Å². The molecule has 1 rings (SSSR count). The van der Waals surface area contributed by atoms with E-state index in [-0.39, 0.29) is 10.8 Å². The number of hydrogen-bond donors (Lipinski definition) is 0. The van der Waals surface area contributed by atoms with Crippen molar-refractivity contribution in [1.82, 2.24) is 0 Å². The summed E-state index contributed by atoms with van der Waals surface area (Å²) in [6, 6.07) is 0. The highest BCUT2D eigenvalue weighted by molar-refractivity contribution is 9.10. The monoisotopic (exact) mass is 234 g/mol. The molecule has 0 aromatic heterocycles. The molecule has 0 saturated heterocycles. The van der Waals surface area contributed by atoms with Gasteiger partial charge in [0, 0.05) is 0 Å². The molecule has 1 fully saturated rings. The maximum Gasteiger partial charge on any atom is 0.319 e. The maximum atomic E-state index is 11.0. The van der Waals surface area contributed by atoms with Gasteiger partial charge in [-0.3, -0.25) is 4.79 Å². The molecule has 2 nitrogen and oxygen atoms in total. The summed E-state index contributed by atoms with van der Waals surface area (Å²) in [5, 5.41) is 0. The summed E-state index contributed by atoms with van der Waals surface area (Å²) < 4.78 is 4.64. The lowest BCUT2D eigenvalue weighted by Gasteiger charge is -2.12. The number of carbonyl (C=O) groups excluding carboxylic acids is 1. The molecule has 0 heterocycles. The predicted molar refractivity (Wildman–Crippen MR) is 51.3 cm³/mol. The van der Waals surface area contributed by atoms with Crippen LogP contribution in [0.3, 0.4) is 0 Å². The Balaban J connectivity index is 2.24. The second-order valence-corrected chi connectivity index (χ2v) is 4.48. The van der Waals surface area contributed by atoms with Crippen LogP contribution in [0.4, 0.5) is 0 Å². The van der Waals surface area contributed by atoms with Gasteiger partial charge in [-0.05, 0) is 12.3 Å². The van der Waals surface area contributed by atoms with E-state index in [1.54, 1.807) is 0 Å². The van der Waals surface area contributed by atoms with Gasteiger partial charge >= 0.3 is 5.97 Å². The quantitative estimate of drug-likeness (QED) is 0.555. The molecule has 0 bridgehead atoms. The Bertz CT molecular complexity index is 153. The number of esters is 1. The number of ether oxygens (including phenoxy) is 1. The Hall–Kier alpha value is -0.0500. The van der Waals surface area contributed by atoms with Crippen LogP contribution in [0.15, 0.2) is 0 Å². The molecule has 0 aromatic rings. The van der Waals surface area contributed by atoms with Gasteiger partial charge in [0.15, 0.2) is 0 Å². The predicted octanol–water partition coefficient (Wildman–Crippen LogP) is 2.50. The highest BCUT2D eigenvalue weighted by Gasteiger charge is 2.23. The first-order valence-corrected chi connectivity index (χ1v) is 5.37. The Labute approximate surface area is 81.8 Å². The molecular formula is C9H15BrO2. The van der Waals surface area contributed by atoms with Crippen molar-refractivity contribution in [1.29, 1.82) is 0 Å². The fourth-order valence-corrected chi connectivity index (χ4v) is 2.48. The van der Waals surface area contributed by atoms with Gasteiger partial charge in [0.2, 0.25) is 0 Å². The van der Waals surface area contributed by atoms with Crippen molar-refractivity contribution in [2.24, 2.45) is 5.92 Å². The molecule has 3 heteroatoms. The summed E-state index contributed by atoms with van der Waals surface area (Å²) in [6.07, 6.45) is 6.14. The van der Waals surface area contributed by atoms with Crippen molar-refractivity contribution in [3.8, 4) is 0 Å². The van der Waals surface area contributed by atoms with Gasteiger partial charge in [0.1, 0.15) is 4.83 Å². The molecule has 12 heavy (non-hydrogen) atoms. The SMILES string of the molecule is COC(=O)[C@@H](Br)CC1CCCC1. The van der Waals surface area contributed by atoms with Crippen LogP contribution >= 0.6 is 15.9 Å². The van der Waals surface area contributed by atoms with E-state index in [1.807, 2.05) is 0 Å². The second kappa shape index (κ2) is 4.85. The van der Waals surface area contributed by atoms with E-state index in [4.69, 9.17) is 0 Å². The number of rotatable bonds is 3. The van der Waals surface area contributed by atoms with E-state index in [2.05, 4.69) is 20.7 Å². The van der Waals surface area contributed by atoms with Gasteiger partial charge in [0.05, 0.1) is 7.11 Å². The van der Waals surface area contributed by atoms with Gasteiger partial charge in [-0.1, -0.05) is 41.6 Å². The van der Waals surface area contributed by atoms with Gasteiger partial charge in [0.25, 0.3) is 0 Å². The summed E-state index contributed by atoms with van der Waals surface area (Å²) in [7, 11) is 1.44. The molecule has 0 amide bonds. The molecule has 1 aliphatic rings. The first-order valence-electron chi connectivity index (χ1n) is 4.46. The lowest BCUT2D eigenvalue weighted by molar-refractivity contribution is -0.140. The average Bonchev–Trinajstić information content (AvgIpc) is 2.55. The number of alkyl halides is 1. The highest BCUT2D eigenvalue weighted by atomic mass is 79.9. The summed E-state index contributed by atoms with van der Waals surface area (Å²) in [4.78, 5) is 10.9. The van der Waals surface area contributed by atoms with Crippen molar-refractivity contribution < 1.29 is 9.53 Å². The van der Waals surface area contributed by atoms with Crippen LogP contribution in [0.5, 0.6) is 0 Å². The van der Waals surface area contributed by atoms with Crippen molar-refractivity contribution in [2.45, 2.75) is 36.9 Å². The summed E-state index contributed by atoms with van der Waals surface area (Å²) in [5.41, 5.74) is 0. The van der Waals surface area contributed by atoms with Crippen LogP contribution in [0.25, 0.3) is 0 Å². The van der Waals surface area contributed by atoms with E-state index in [0.717, 1.165) is 12.3 Å². The fourth-order valence-electron chi connectivity index (χ4n) is 1.76. The molecule has 0 N–H and O–H groups in total. The lowest BCUT2D eigenvalue weighted by atomic mass is 10.0. The van der Waals surface area contributed by atoms with E-state index >= 15 is 0 Å². The zero-order valence-corrected chi connectivity index (χ0v) is 8.97. The summed E-state index contributed by atoms with van der Waals surface area (Å²) >= 11 is 3.34. The summed E-state index contributed by atoms with van der Waals surface area (Å²) in [6.45, 7) is 0. The number of carbonyl (C=O) groups is 1. The minimum absolute atomic E-state index is 0.0920. The summed E-state index contributed by atoms with van der Waals surface area (Å²) in [5.74, 6) is 0.593. The third-order valence-electron chi connectivity index (χ3n) is 2.47. The smallest absolute Gasteiger partial charge is 0.319 e. The van der Waals surface area contributed by atoms with Crippen LogP contribution in [0.1, 0.15) is 32.1 Å². The molecule has 1 saturated carbocycles. The van der Waals surface area contributed by atoms with E-state index in [9.17, 15) is 4.79 Å². The largest absolute Gasteiger partial charge is 0.468 e. The van der Waals surface area contributed by atoms with E-state index in [0.29, 0.717) is 0 Å². The second-order valence-electron chi connectivity index (χ2n) is 3.38. The Kier molecular flexibility index (Phi) is 4.06. The molecule has 0 aliphatic heterocycles. The van der Waals surface area contributed by atoms with Crippen molar-refractivity contribution in [2.75, 3.05) is 7.11 Å². The molecule has 0 unspecified atom stereocenters. The highest BCUT2D eigenvalue weighted by Crippen LogP contribution is 2.30. The molecule has 1 atom stereocenters. The Morgan fingerprint density at radius 2 is 2.17 bits per heavy atom. The van der Waals surface area contributed by atoms with Crippen molar-refractivity contribution >= 4 is 21.9 Å². The van der Waals surface area contributed by atoms with Crippen LogP contribution < -0.4 is 0 Å². The minimum atomic E-state index is -0.137. The van der Waals surface area contributed by atoms with Crippen LogP contribution in [-0.4, -0.2) is 17.9 Å². The van der Waals surface area contributed by atoms with Gasteiger partial charge in [-0.2, -0.15) is 0 Å². The fraction of sp³-hybridized carbons (Fsp3) is 0.889. The van der Waals surface area contributed by atoms with Crippen LogP contribution in [-0.2, 0) is 9.53 Å². The van der Waals surface area contributed by atoms with E-state index < -0.39 is 0 Å². The zero-order chi connectivity index (χ0) is 8.97. The lowest BCUT2D eigenvalue weighted by Crippen LogP contribution is -2.18. The Morgan fingerprint density at radius 3 is 2.67 bits per heavy atom. The van der Waals surface area contributed by atoms with Gasteiger partial charge < -0.3 is 4.74 Å².